The Morgan fingerprint density at radius 2 is 1.39 bits per heavy atom. The van der Waals surface area contributed by atoms with Crippen molar-refractivity contribution in [3.8, 4) is 0 Å². The molecule has 41 heavy (non-hydrogen) atoms. The Kier molecular flexibility index (Phi) is 10.1. The van der Waals surface area contributed by atoms with E-state index in [1.807, 2.05) is 24.3 Å². The molecular formula is C33H30FN3O3S. The standard InChI is InChI=1S/C33H30FN3O3S/c1-22(2)24-10-14-27(15-11-24)35-31(38)21-41-29-18-16-28(17-19-29)36-33(40)30(20-23-8-12-26(34)13-9-23)37-32(39)25-6-4-3-5-7-25/h3-20,22H,21H2,1-2H3,(H,35,38)(H,36,40)(H,37,39)/b30-20-. The van der Waals surface area contributed by atoms with E-state index in [1.54, 1.807) is 54.6 Å². The molecule has 0 aliphatic rings. The number of rotatable bonds is 10. The molecule has 0 aliphatic heterocycles. The zero-order valence-corrected chi connectivity index (χ0v) is 23.5. The summed E-state index contributed by atoms with van der Waals surface area (Å²) in [4.78, 5) is 39.2. The molecule has 3 amide bonds. The van der Waals surface area contributed by atoms with Crippen LogP contribution in [0, 0.1) is 5.82 Å². The van der Waals surface area contributed by atoms with E-state index in [9.17, 15) is 18.8 Å². The van der Waals surface area contributed by atoms with E-state index in [1.165, 1.54) is 47.7 Å². The van der Waals surface area contributed by atoms with E-state index in [4.69, 9.17) is 0 Å². The molecule has 6 nitrogen and oxygen atoms in total. The molecule has 0 aromatic heterocycles. The molecular weight excluding hydrogens is 537 g/mol. The summed E-state index contributed by atoms with van der Waals surface area (Å²) in [5.41, 5.74) is 3.41. The second-order valence-electron chi connectivity index (χ2n) is 9.52. The Balaban J connectivity index is 1.37. The van der Waals surface area contributed by atoms with Gasteiger partial charge in [0.05, 0.1) is 5.75 Å². The van der Waals surface area contributed by atoms with Gasteiger partial charge in [-0.15, -0.1) is 11.8 Å². The van der Waals surface area contributed by atoms with Crippen LogP contribution in [-0.4, -0.2) is 23.5 Å². The number of nitrogens with one attached hydrogen (secondary N) is 3. The Hall–Kier alpha value is -4.69. The third-order valence-electron chi connectivity index (χ3n) is 6.05. The molecule has 0 bridgehead atoms. The van der Waals surface area contributed by atoms with Gasteiger partial charge in [-0.2, -0.15) is 0 Å². The highest BCUT2D eigenvalue weighted by Gasteiger charge is 2.15. The van der Waals surface area contributed by atoms with Crippen molar-refractivity contribution in [2.45, 2.75) is 24.7 Å². The van der Waals surface area contributed by atoms with Crippen molar-refractivity contribution in [1.29, 1.82) is 0 Å². The van der Waals surface area contributed by atoms with Gasteiger partial charge in [0.1, 0.15) is 11.5 Å². The van der Waals surface area contributed by atoms with E-state index < -0.39 is 17.6 Å². The van der Waals surface area contributed by atoms with E-state index in [2.05, 4.69) is 29.8 Å². The first-order valence-electron chi connectivity index (χ1n) is 13.0. The van der Waals surface area contributed by atoms with Crippen molar-refractivity contribution in [3.63, 3.8) is 0 Å². The number of amides is 3. The Morgan fingerprint density at radius 1 is 0.780 bits per heavy atom. The quantitative estimate of drug-likeness (QED) is 0.141. The molecule has 0 aliphatic carbocycles. The molecule has 208 valence electrons. The number of halogens is 1. The van der Waals surface area contributed by atoms with Gasteiger partial charge in [0.25, 0.3) is 11.8 Å². The van der Waals surface area contributed by atoms with Crippen molar-refractivity contribution in [2.75, 3.05) is 16.4 Å². The molecule has 4 aromatic rings. The highest BCUT2D eigenvalue weighted by Crippen LogP contribution is 2.22. The Labute approximate surface area is 243 Å². The summed E-state index contributed by atoms with van der Waals surface area (Å²) in [6.45, 7) is 4.24. The number of thioether (sulfide) groups is 1. The van der Waals surface area contributed by atoms with E-state index >= 15 is 0 Å². The lowest BCUT2D eigenvalue weighted by atomic mass is 10.0. The van der Waals surface area contributed by atoms with Gasteiger partial charge >= 0.3 is 0 Å². The summed E-state index contributed by atoms with van der Waals surface area (Å²) in [6.07, 6.45) is 1.48. The molecule has 0 spiro atoms. The van der Waals surface area contributed by atoms with Crippen molar-refractivity contribution in [3.05, 3.63) is 131 Å². The van der Waals surface area contributed by atoms with Crippen LogP contribution in [0.4, 0.5) is 15.8 Å². The fourth-order valence-electron chi connectivity index (χ4n) is 3.80. The molecule has 0 heterocycles. The van der Waals surface area contributed by atoms with Crippen LogP contribution >= 0.6 is 11.8 Å². The fraction of sp³-hybridized carbons (Fsp3) is 0.121. The van der Waals surface area contributed by atoms with Crippen LogP contribution in [0.15, 0.2) is 114 Å². The van der Waals surface area contributed by atoms with Gasteiger partial charge in [-0.25, -0.2) is 4.39 Å². The average molecular weight is 568 g/mol. The molecule has 3 N–H and O–H groups in total. The van der Waals surface area contributed by atoms with Crippen molar-refractivity contribution >= 4 is 46.9 Å². The normalized spacial score (nSPS) is 11.2. The van der Waals surface area contributed by atoms with Crippen LogP contribution in [0.3, 0.4) is 0 Å². The molecule has 8 heteroatoms. The topological polar surface area (TPSA) is 87.3 Å². The van der Waals surface area contributed by atoms with Gasteiger partial charge in [0.15, 0.2) is 0 Å². The first-order valence-corrected chi connectivity index (χ1v) is 14.0. The van der Waals surface area contributed by atoms with Crippen LogP contribution in [0.25, 0.3) is 6.08 Å². The zero-order valence-electron chi connectivity index (χ0n) is 22.7. The largest absolute Gasteiger partial charge is 0.325 e. The minimum absolute atomic E-state index is 0.00186. The molecule has 0 saturated carbocycles. The predicted octanol–water partition coefficient (Wildman–Crippen LogP) is 7.09. The molecule has 4 aromatic carbocycles. The van der Waals surface area contributed by atoms with Gasteiger partial charge < -0.3 is 16.0 Å². The van der Waals surface area contributed by atoms with Crippen molar-refractivity contribution < 1.29 is 18.8 Å². The average Bonchev–Trinajstić information content (AvgIpc) is 2.98. The summed E-state index contributed by atoms with van der Waals surface area (Å²) in [5.74, 6) is -0.856. The monoisotopic (exact) mass is 567 g/mol. The van der Waals surface area contributed by atoms with Crippen LogP contribution in [-0.2, 0) is 9.59 Å². The second-order valence-corrected chi connectivity index (χ2v) is 10.6. The van der Waals surface area contributed by atoms with Crippen molar-refractivity contribution in [2.24, 2.45) is 0 Å². The first-order chi connectivity index (χ1) is 19.8. The number of carbonyl (C=O) groups excluding carboxylic acids is 3. The smallest absolute Gasteiger partial charge is 0.272 e. The van der Waals surface area contributed by atoms with Gasteiger partial charge in [0, 0.05) is 21.8 Å². The molecule has 0 unspecified atom stereocenters. The lowest BCUT2D eigenvalue weighted by Gasteiger charge is -2.12. The third kappa shape index (κ3) is 8.91. The number of benzene rings is 4. The maximum Gasteiger partial charge on any atom is 0.272 e. The fourth-order valence-corrected chi connectivity index (χ4v) is 4.50. The Bertz CT molecular complexity index is 1520. The SMILES string of the molecule is CC(C)c1ccc(NC(=O)CSc2ccc(NC(=O)/C(=C/c3ccc(F)cc3)NC(=O)c3ccccc3)cc2)cc1. The van der Waals surface area contributed by atoms with Crippen LogP contribution in [0.5, 0.6) is 0 Å². The predicted molar refractivity (Wildman–Crippen MR) is 163 cm³/mol. The molecule has 0 fully saturated rings. The summed E-state index contributed by atoms with van der Waals surface area (Å²) in [6, 6.07) is 29.0. The lowest BCUT2D eigenvalue weighted by Crippen LogP contribution is -2.30. The van der Waals surface area contributed by atoms with Crippen LogP contribution in [0.1, 0.15) is 41.3 Å². The number of hydrogen-bond donors (Lipinski definition) is 3. The summed E-state index contributed by atoms with van der Waals surface area (Å²) < 4.78 is 13.4. The minimum atomic E-state index is -0.540. The van der Waals surface area contributed by atoms with E-state index in [0.717, 1.165) is 10.6 Å². The molecule has 0 saturated heterocycles. The number of carbonyl (C=O) groups is 3. The van der Waals surface area contributed by atoms with Crippen LogP contribution < -0.4 is 16.0 Å². The van der Waals surface area contributed by atoms with E-state index in [-0.39, 0.29) is 17.4 Å². The van der Waals surface area contributed by atoms with Gasteiger partial charge in [-0.3, -0.25) is 14.4 Å². The van der Waals surface area contributed by atoms with Gasteiger partial charge in [0.2, 0.25) is 5.91 Å². The maximum atomic E-state index is 13.4. The highest BCUT2D eigenvalue weighted by atomic mass is 32.2. The summed E-state index contributed by atoms with van der Waals surface area (Å²) >= 11 is 1.37. The van der Waals surface area contributed by atoms with Crippen molar-refractivity contribution in [1.82, 2.24) is 5.32 Å². The first kappa shape index (κ1) is 29.3. The highest BCUT2D eigenvalue weighted by molar-refractivity contribution is 8.00. The maximum absolute atomic E-state index is 13.4. The molecule has 0 radical (unpaired) electrons. The molecule has 4 rings (SSSR count). The third-order valence-corrected chi connectivity index (χ3v) is 7.07. The molecule has 0 atom stereocenters. The summed E-state index contributed by atoms with van der Waals surface area (Å²) in [7, 11) is 0. The zero-order chi connectivity index (χ0) is 29.2. The summed E-state index contributed by atoms with van der Waals surface area (Å²) in [5, 5.41) is 8.34. The van der Waals surface area contributed by atoms with Gasteiger partial charge in [-0.1, -0.05) is 56.3 Å². The van der Waals surface area contributed by atoms with E-state index in [0.29, 0.717) is 22.7 Å². The number of anilines is 2. The second kappa shape index (κ2) is 14.1. The van der Waals surface area contributed by atoms with Gasteiger partial charge in [-0.05, 0) is 83.8 Å². The van der Waals surface area contributed by atoms with Crippen LogP contribution in [0.2, 0.25) is 0 Å². The Morgan fingerprint density at radius 3 is 2.02 bits per heavy atom. The minimum Gasteiger partial charge on any atom is -0.325 e. The lowest BCUT2D eigenvalue weighted by molar-refractivity contribution is -0.114. The number of hydrogen-bond acceptors (Lipinski definition) is 4.